The van der Waals surface area contributed by atoms with Gasteiger partial charge in [-0.1, -0.05) is 6.92 Å². The highest BCUT2D eigenvalue weighted by molar-refractivity contribution is 7.09. The van der Waals surface area contributed by atoms with E-state index in [0.717, 1.165) is 37.4 Å². The summed E-state index contributed by atoms with van der Waals surface area (Å²) in [5.41, 5.74) is -0.213. The van der Waals surface area contributed by atoms with Crippen molar-refractivity contribution in [2.45, 2.75) is 32.7 Å². The summed E-state index contributed by atoms with van der Waals surface area (Å²) < 4.78 is 0. The largest absolute Gasteiger partial charge is 0.349 e. The SMILES string of the molecule is CCC1(C(=O)NCc2nccs2)CCCNC1. The number of carbonyl (C=O) groups excluding carboxylic acids is 1. The lowest BCUT2D eigenvalue weighted by atomic mass is 9.77. The molecule has 17 heavy (non-hydrogen) atoms. The molecule has 0 aliphatic carbocycles. The molecule has 0 radical (unpaired) electrons. The number of nitrogens with zero attached hydrogens (tertiary/aromatic N) is 1. The van der Waals surface area contributed by atoms with Crippen LogP contribution in [0.15, 0.2) is 11.6 Å². The van der Waals surface area contributed by atoms with Gasteiger partial charge in [-0.3, -0.25) is 4.79 Å². The molecule has 1 amide bonds. The predicted octanol–water partition coefficient (Wildman–Crippen LogP) is 1.54. The molecule has 1 aromatic rings. The number of carbonyl (C=O) groups is 1. The van der Waals surface area contributed by atoms with Crippen LogP contribution in [0.25, 0.3) is 0 Å². The number of rotatable bonds is 4. The zero-order valence-electron chi connectivity index (χ0n) is 10.2. The Labute approximate surface area is 106 Å². The van der Waals surface area contributed by atoms with Gasteiger partial charge in [0.1, 0.15) is 5.01 Å². The summed E-state index contributed by atoms with van der Waals surface area (Å²) in [7, 11) is 0. The lowest BCUT2D eigenvalue weighted by Crippen LogP contribution is -2.50. The molecule has 4 nitrogen and oxygen atoms in total. The molecule has 1 aliphatic heterocycles. The Kier molecular flexibility index (Phi) is 4.12. The third-order valence-corrected chi connectivity index (χ3v) is 4.29. The summed E-state index contributed by atoms with van der Waals surface area (Å²) in [5.74, 6) is 0.169. The number of hydrogen-bond acceptors (Lipinski definition) is 4. The van der Waals surface area contributed by atoms with Gasteiger partial charge in [0.2, 0.25) is 5.91 Å². The smallest absolute Gasteiger partial charge is 0.227 e. The average molecular weight is 253 g/mol. The monoisotopic (exact) mass is 253 g/mol. The fourth-order valence-corrected chi connectivity index (χ4v) is 2.86. The minimum Gasteiger partial charge on any atom is -0.349 e. The molecule has 0 aromatic carbocycles. The summed E-state index contributed by atoms with van der Waals surface area (Å²) in [4.78, 5) is 16.4. The van der Waals surface area contributed by atoms with Gasteiger partial charge in [0.15, 0.2) is 0 Å². The van der Waals surface area contributed by atoms with Crippen molar-refractivity contribution in [2.24, 2.45) is 5.41 Å². The Balaban J connectivity index is 1.93. The highest BCUT2D eigenvalue weighted by Gasteiger charge is 2.37. The highest BCUT2D eigenvalue weighted by atomic mass is 32.1. The van der Waals surface area contributed by atoms with Crippen molar-refractivity contribution >= 4 is 17.2 Å². The summed E-state index contributed by atoms with van der Waals surface area (Å²) in [6.45, 7) is 4.48. The third-order valence-electron chi connectivity index (χ3n) is 3.51. The topological polar surface area (TPSA) is 54.0 Å². The number of piperidine rings is 1. The zero-order chi connectivity index (χ0) is 12.1. The van der Waals surface area contributed by atoms with E-state index in [2.05, 4.69) is 22.5 Å². The van der Waals surface area contributed by atoms with Gasteiger partial charge in [-0.05, 0) is 25.8 Å². The van der Waals surface area contributed by atoms with Crippen molar-refractivity contribution in [3.05, 3.63) is 16.6 Å². The van der Waals surface area contributed by atoms with Gasteiger partial charge in [0, 0.05) is 18.1 Å². The summed E-state index contributed by atoms with van der Waals surface area (Å²) in [6.07, 6.45) is 4.73. The highest BCUT2D eigenvalue weighted by Crippen LogP contribution is 2.30. The van der Waals surface area contributed by atoms with Gasteiger partial charge in [-0.25, -0.2) is 4.98 Å². The molecule has 0 spiro atoms. The van der Waals surface area contributed by atoms with Crippen LogP contribution in [0.1, 0.15) is 31.2 Å². The van der Waals surface area contributed by atoms with E-state index in [-0.39, 0.29) is 11.3 Å². The molecule has 2 rings (SSSR count). The van der Waals surface area contributed by atoms with E-state index < -0.39 is 0 Å². The second-order valence-corrected chi connectivity index (χ2v) is 5.50. The van der Waals surface area contributed by atoms with Gasteiger partial charge in [-0.15, -0.1) is 11.3 Å². The van der Waals surface area contributed by atoms with Crippen molar-refractivity contribution in [2.75, 3.05) is 13.1 Å². The molecule has 1 aliphatic rings. The minimum absolute atomic E-state index is 0.169. The quantitative estimate of drug-likeness (QED) is 0.856. The Morgan fingerprint density at radius 1 is 1.71 bits per heavy atom. The van der Waals surface area contributed by atoms with Crippen LogP contribution in [0.3, 0.4) is 0 Å². The molecule has 1 fully saturated rings. The van der Waals surface area contributed by atoms with E-state index in [0.29, 0.717) is 6.54 Å². The van der Waals surface area contributed by atoms with Crippen molar-refractivity contribution in [3.63, 3.8) is 0 Å². The fourth-order valence-electron chi connectivity index (χ4n) is 2.31. The zero-order valence-corrected chi connectivity index (χ0v) is 11.0. The molecular weight excluding hydrogens is 234 g/mol. The molecule has 1 saturated heterocycles. The van der Waals surface area contributed by atoms with Crippen molar-refractivity contribution in [3.8, 4) is 0 Å². The summed E-state index contributed by atoms with van der Waals surface area (Å²) >= 11 is 1.58. The number of aromatic nitrogens is 1. The van der Waals surface area contributed by atoms with E-state index >= 15 is 0 Å². The lowest BCUT2D eigenvalue weighted by molar-refractivity contribution is -0.132. The van der Waals surface area contributed by atoms with Crippen molar-refractivity contribution in [1.29, 1.82) is 0 Å². The van der Waals surface area contributed by atoms with Gasteiger partial charge < -0.3 is 10.6 Å². The molecule has 1 unspecified atom stereocenters. The molecule has 94 valence electrons. The van der Waals surface area contributed by atoms with Gasteiger partial charge in [0.25, 0.3) is 0 Å². The molecule has 2 heterocycles. The van der Waals surface area contributed by atoms with Crippen LogP contribution in [0.5, 0.6) is 0 Å². The van der Waals surface area contributed by atoms with Gasteiger partial charge >= 0.3 is 0 Å². The third kappa shape index (κ3) is 2.84. The first-order valence-corrected chi connectivity index (χ1v) is 7.02. The first kappa shape index (κ1) is 12.5. The van der Waals surface area contributed by atoms with Crippen LogP contribution in [0.2, 0.25) is 0 Å². The Hall–Kier alpha value is -0.940. The second kappa shape index (κ2) is 5.60. The van der Waals surface area contributed by atoms with Gasteiger partial charge in [-0.2, -0.15) is 0 Å². The lowest BCUT2D eigenvalue weighted by Gasteiger charge is -2.35. The molecule has 1 aromatic heterocycles. The predicted molar refractivity (Wildman–Crippen MR) is 68.8 cm³/mol. The maximum Gasteiger partial charge on any atom is 0.227 e. The van der Waals surface area contributed by atoms with E-state index in [1.807, 2.05) is 5.38 Å². The maximum absolute atomic E-state index is 12.3. The number of amides is 1. The van der Waals surface area contributed by atoms with Crippen LogP contribution in [0, 0.1) is 5.41 Å². The number of nitrogens with one attached hydrogen (secondary N) is 2. The summed E-state index contributed by atoms with van der Waals surface area (Å²) in [5, 5.41) is 9.24. The fraction of sp³-hybridized carbons (Fsp3) is 0.667. The van der Waals surface area contributed by atoms with E-state index in [4.69, 9.17) is 0 Å². The standard InChI is InChI=1S/C12H19N3OS/c1-2-12(4-3-5-13-9-12)11(16)15-8-10-14-6-7-17-10/h6-7,13H,2-5,8-9H2,1H3,(H,15,16). The molecule has 0 bridgehead atoms. The average Bonchev–Trinajstić information content (AvgIpc) is 2.90. The Morgan fingerprint density at radius 2 is 2.59 bits per heavy atom. The van der Waals surface area contributed by atoms with E-state index in [9.17, 15) is 4.79 Å². The normalized spacial score (nSPS) is 24.5. The second-order valence-electron chi connectivity index (χ2n) is 4.52. The molecule has 5 heteroatoms. The first-order chi connectivity index (χ1) is 8.27. The van der Waals surface area contributed by atoms with Crippen LogP contribution in [-0.4, -0.2) is 24.0 Å². The first-order valence-electron chi connectivity index (χ1n) is 6.14. The molecule has 0 saturated carbocycles. The minimum atomic E-state index is -0.213. The number of thiazole rings is 1. The Morgan fingerprint density at radius 3 is 3.18 bits per heavy atom. The van der Waals surface area contributed by atoms with Crippen LogP contribution in [-0.2, 0) is 11.3 Å². The van der Waals surface area contributed by atoms with Crippen LogP contribution >= 0.6 is 11.3 Å². The molecule has 2 N–H and O–H groups in total. The Bertz CT molecular complexity index is 358. The van der Waals surface area contributed by atoms with Crippen molar-refractivity contribution < 1.29 is 4.79 Å². The van der Waals surface area contributed by atoms with Crippen LogP contribution < -0.4 is 10.6 Å². The molecule has 1 atom stereocenters. The summed E-state index contributed by atoms with van der Waals surface area (Å²) in [6, 6.07) is 0. The maximum atomic E-state index is 12.3. The van der Waals surface area contributed by atoms with E-state index in [1.54, 1.807) is 17.5 Å². The van der Waals surface area contributed by atoms with Crippen LogP contribution in [0.4, 0.5) is 0 Å². The number of hydrogen-bond donors (Lipinski definition) is 2. The van der Waals surface area contributed by atoms with E-state index in [1.165, 1.54) is 0 Å². The van der Waals surface area contributed by atoms with Gasteiger partial charge in [0.05, 0.1) is 12.0 Å². The molecular formula is C12H19N3OS. The van der Waals surface area contributed by atoms with Crippen molar-refractivity contribution in [1.82, 2.24) is 15.6 Å².